The molecule has 0 atom stereocenters. The minimum atomic E-state index is -4.06. The number of nitrogen functional groups attached to an aromatic ring is 1. The van der Waals surface area contributed by atoms with E-state index in [-0.39, 0.29) is 16.5 Å². The molecule has 0 aliphatic carbocycles. The van der Waals surface area contributed by atoms with Crippen molar-refractivity contribution >= 4 is 27.3 Å². The molecule has 20 heavy (non-hydrogen) atoms. The summed E-state index contributed by atoms with van der Waals surface area (Å²) in [5.74, 6) is -0.244. The maximum absolute atomic E-state index is 12.0. The van der Waals surface area contributed by atoms with Crippen LogP contribution in [0.1, 0.15) is 0 Å². The Morgan fingerprint density at radius 1 is 1.30 bits per heavy atom. The van der Waals surface area contributed by atoms with Crippen LogP contribution in [-0.2, 0) is 10.0 Å². The van der Waals surface area contributed by atoms with E-state index in [4.69, 9.17) is 5.73 Å². The van der Waals surface area contributed by atoms with E-state index in [9.17, 15) is 18.5 Å². The zero-order valence-electron chi connectivity index (χ0n) is 9.79. The predicted octanol–water partition coefficient (Wildman–Crippen LogP) is 0.163. The number of anilines is 2. The summed E-state index contributed by atoms with van der Waals surface area (Å²) < 4.78 is 26.1. The SMILES string of the molecule is Nc1ccc(S(=O)(=O)Nc2nccnn2)cc1[N+](=O)[O-]. The number of nitrogens with zero attached hydrogens (tertiary/aromatic N) is 4. The molecular weight excluding hydrogens is 288 g/mol. The summed E-state index contributed by atoms with van der Waals surface area (Å²) in [6.07, 6.45) is 2.52. The van der Waals surface area contributed by atoms with Gasteiger partial charge in [0.15, 0.2) is 0 Å². The second kappa shape index (κ2) is 5.05. The van der Waals surface area contributed by atoms with Crippen molar-refractivity contribution < 1.29 is 13.3 Å². The number of nitrogens with two attached hydrogens (primary N) is 1. The lowest BCUT2D eigenvalue weighted by molar-refractivity contribution is -0.384. The van der Waals surface area contributed by atoms with Crippen LogP contribution in [-0.4, -0.2) is 28.5 Å². The van der Waals surface area contributed by atoms with Crippen LogP contribution in [0.25, 0.3) is 0 Å². The highest BCUT2D eigenvalue weighted by molar-refractivity contribution is 7.92. The van der Waals surface area contributed by atoms with E-state index in [2.05, 4.69) is 15.2 Å². The van der Waals surface area contributed by atoms with Gasteiger partial charge in [0.25, 0.3) is 21.7 Å². The van der Waals surface area contributed by atoms with Gasteiger partial charge in [0.1, 0.15) is 5.69 Å². The van der Waals surface area contributed by atoms with Crippen LogP contribution in [0.2, 0.25) is 0 Å². The number of aromatic nitrogens is 3. The van der Waals surface area contributed by atoms with Crippen LogP contribution < -0.4 is 10.5 Å². The van der Waals surface area contributed by atoms with Crippen molar-refractivity contribution in [2.75, 3.05) is 10.5 Å². The quantitative estimate of drug-likeness (QED) is 0.459. The van der Waals surface area contributed by atoms with Crippen molar-refractivity contribution in [3.8, 4) is 0 Å². The lowest BCUT2D eigenvalue weighted by Crippen LogP contribution is -2.15. The summed E-state index contributed by atoms with van der Waals surface area (Å²) >= 11 is 0. The molecule has 1 heterocycles. The molecule has 104 valence electrons. The molecule has 0 aliphatic heterocycles. The maximum Gasteiger partial charge on any atom is 0.293 e. The second-order valence-corrected chi connectivity index (χ2v) is 5.23. The molecule has 2 rings (SSSR count). The zero-order valence-corrected chi connectivity index (χ0v) is 10.6. The van der Waals surface area contributed by atoms with Gasteiger partial charge in [-0.25, -0.2) is 18.1 Å². The molecule has 0 spiro atoms. The smallest absolute Gasteiger partial charge is 0.293 e. The Hall–Kier alpha value is -2.82. The molecular formula is C9H8N6O4S. The number of rotatable bonds is 4. The molecule has 0 saturated carbocycles. The van der Waals surface area contributed by atoms with Crippen LogP contribution in [0.4, 0.5) is 17.3 Å². The van der Waals surface area contributed by atoms with Gasteiger partial charge >= 0.3 is 0 Å². The average molecular weight is 296 g/mol. The molecule has 2 aromatic rings. The van der Waals surface area contributed by atoms with Gasteiger partial charge in [-0.2, -0.15) is 5.10 Å². The first-order valence-corrected chi connectivity index (χ1v) is 6.59. The van der Waals surface area contributed by atoms with Gasteiger partial charge in [-0.05, 0) is 12.1 Å². The second-order valence-electron chi connectivity index (χ2n) is 3.55. The molecule has 10 nitrogen and oxygen atoms in total. The minimum absolute atomic E-state index is 0.133. The number of hydrogen-bond donors (Lipinski definition) is 2. The number of benzene rings is 1. The van der Waals surface area contributed by atoms with E-state index in [1.165, 1.54) is 12.4 Å². The van der Waals surface area contributed by atoms with Crippen molar-refractivity contribution in [3.05, 3.63) is 40.7 Å². The Morgan fingerprint density at radius 3 is 2.65 bits per heavy atom. The molecule has 1 aromatic carbocycles. The van der Waals surface area contributed by atoms with Crippen LogP contribution in [0.15, 0.2) is 35.5 Å². The van der Waals surface area contributed by atoms with Gasteiger partial charge in [0, 0.05) is 6.07 Å². The third kappa shape index (κ3) is 2.77. The lowest BCUT2D eigenvalue weighted by Gasteiger charge is -2.06. The standard InChI is InChI=1S/C9H8N6O4S/c10-7-2-1-6(5-8(7)15(16)17)20(18,19)14-9-11-3-4-12-13-9/h1-5H,10H2,(H,11,13,14). The zero-order chi connectivity index (χ0) is 14.8. The van der Waals surface area contributed by atoms with Crippen LogP contribution in [0.5, 0.6) is 0 Å². The van der Waals surface area contributed by atoms with Gasteiger partial charge in [0.2, 0.25) is 0 Å². The Kier molecular flexibility index (Phi) is 3.43. The summed E-state index contributed by atoms with van der Waals surface area (Å²) in [5, 5.41) is 17.6. The first-order valence-electron chi connectivity index (χ1n) is 5.10. The van der Waals surface area contributed by atoms with Crippen molar-refractivity contribution in [1.29, 1.82) is 0 Å². The fourth-order valence-corrected chi connectivity index (χ4v) is 2.29. The van der Waals surface area contributed by atoms with Gasteiger partial charge in [-0.3, -0.25) is 10.1 Å². The summed E-state index contributed by atoms with van der Waals surface area (Å²) in [4.78, 5) is 13.3. The highest BCUT2D eigenvalue weighted by Gasteiger charge is 2.21. The summed E-state index contributed by atoms with van der Waals surface area (Å²) in [6.45, 7) is 0. The number of nitrogens with one attached hydrogen (secondary N) is 1. The summed E-state index contributed by atoms with van der Waals surface area (Å²) in [7, 11) is -4.06. The van der Waals surface area contributed by atoms with E-state index in [0.717, 1.165) is 18.2 Å². The molecule has 0 fully saturated rings. The Bertz CT molecular complexity index is 748. The molecule has 0 aliphatic rings. The number of hydrogen-bond acceptors (Lipinski definition) is 8. The Morgan fingerprint density at radius 2 is 2.05 bits per heavy atom. The van der Waals surface area contributed by atoms with Gasteiger partial charge < -0.3 is 5.73 Å². The third-order valence-electron chi connectivity index (χ3n) is 2.22. The fourth-order valence-electron chi connectivity index (χ4n) is 1.32. The number of nitro groups is 1. The molecule has 0 bridgehead atoms. The number of sulfonamides is 1. The normalized spacial score (nSPS) is 11.0. The molecule has 11 heteroatoms. The van der Waals surface area contributed by atoms with Crippen LogP contribution in [0, 0.1) is 10.1 Å². The molecule has 1 aromatic heterocycles. The first-order chi connectivity index (χ1) is 9.40. The molecule has 0 saturated heterocycles. The Labute approximate surface area is 112 Å². The highest BCUT2D eigenvalue weighted by atomic mass is 32.2. The molecule has 0 radical (unpaired) electrons. The molecule has 0 unspecified atom stereocenters. The van der Waals surface area contributed by atoms with Crippen LogP contribution >= 0.6 is 0 Å². The van der Waals surface area contributed by atoms with Crippen molar-refractivity contribution in [2.24, 2.45) is 0 Å². The molecule has 3 N–H and O–H groups in total. The van der Waals surface area contributed by atoms with E-state index < -0.39 is 20.6 Å². The van der Waals surface area contributed by atoms with Gasteiger partial charge in [0.05, 0.1) is 22.2 Å². The third-order valence-corrected chi connectivity index (χ3v) is 3.54. The van der Waals surface area contributed by atoms with E-state index in [1.807, 2.05) is 4.72 Å². The largest absolute Gasteiger partial charge is 0.393 e. The predicted molar refractivity (Wildman–Crippen MR) is 68.1 cm³/mol. The van der Waals surface area contributed by atoms with E-state index in [1.54, 1.807) is 0 Å². The van der Waals surface area contributed by atoms with Crippen LogP contribution in [0.3, 0.4) is 0 Å². The average Bonchev–Trinajstić information content (AvgIpc) is 2.39. The van der Waals surface area contributed by atoms with Crippen molar-refractivity contribution in [3.63, 3.8) is 0 Å². The first kappa shape index (κ1) is 13.6. The fraction of sp³-hybridized carbons (Fsp3) is 0. The molecule has 0 amide bonds. The Balaban J connectivity index is 2.40. The summed E-state index contributed by atoms with van der Waals surface area (Å²) in [6, 6.07) is 3.13. The van der Waals surface area contributed by atoms with E-state index in [0.29, 0.717) is 0 Å². The van der Waals surface area contributed by atoms with Crippen molar-refractivity contribution in [1.82, 2.24) is 15.2 Å². The lowest BCUT2D eigenvalue weighted by atomic mass is 10.3. The maximum atomic E-state index is 12.0. The summed E-state index contributed by atoms with van der Waals surface area (Å²) in [5.41, 5.74) is 4.76. The highest BCUT2D eigenvalue weighted by Crippen LogP contribution is 2.25. The minimum Gasteiger partial charge on any atom is -0.393 e. The topological polar surface area (TPSA) is 154 Å². The van der Waals surface area contributed by atoms with Gasteiger partial charge in [-0.15, -0.1) is 5.10 Å². The van der Waals surface area contributed by atoms with Gasteiger partial charge in [-0.1, -0.05) is 0 Å². The van der Waals surface area contributed by atoms with E-state index >= 15 is 0 Å². The number of nitro benzene ring substituents is 1. The van der Waals surface area contributed by atoms with Crippen molar-refractivity contribution in [2.45, 2.75) is 4.90 Å². The monoisotopic (exact) mass is 296 g/mol.